The van der Waals surface area contributed by atoms with E-state index in [2.05, 4.69) is 41.7 Å². The van der Waals surface area contributed by atoms with Crippen LogP contribution in [0.3, 0.4) is 0 Å². The van der Waals surface area contributed by atoms with Gasteiger partial charge in [0.05, 0.1) is 4.34 Å². The van der Waals surface area contributed by atoms with Crippen LogP contribution >= 0.6 is 22.9 Å². The van der Waals surface area contributed by atoms with Gasteiger partial charge in [0.25, 0.3) is 0 Å². The normalized spacial score (nSPS) is 18.6. The molecule has 0 spiro atoms. The van der Waals surface area contributed by atoms with Gasteiger partial charge in [-0.3, -0.25) is 0 Å². The molecule has 3 heteroatoms. The number of hydrogen-bond donors (Lipinski definition) is 1. The molecule has 1 aliphatic carbocycles. The second-order valence-electron chi connectivity index (χ2n) is 4.74. The van der Waals surface area contributed by atoms with Crippen molar-refractivity contribution < 1.29 is 0 Å². The smallest absolute Gasteiger partial charge is 0.0934 e. The van der Waals surface area contributed by atoms with Gasteiger partial charge in [-0.25, -0.2) is 0 Å². The van der Waals surface area contributed by atoms with Gasteiger partial charge in [0, 0.05) is 17.5 Å². The Hall–Kier alpha value is -0.830. The van der Waals surface area contributed by atoms with Gasteiger partial charge in [-0.1, -0.05) is 41.9 Å². The zero-order valence-electron chi connectivity index (χ0n) is 10.2. The predicted octanol–water partition coefficient (Wildman–Crippen LogP) is 4.57. The molecule has 1 aliphatic rings. The van der Waals surface area contributed by atoms with Crippen molar-refractivity contribution in [3.63, 3.8) is 0 Å². The summed E-state index contributed by atoms with van der Waals surface area (Å²) < 4.78 is 0.924. The molecule has 0 bridgehead atoms. The van der Waals surface area contributed by atoms with Crippen LogP contribution in [0.5, 0.6) is 0 Å². The third kappa shape index (κ3) is 2.61. The van der Waals surface area contributed by atoms with Crippen LogP contribution in [0, 0.1) is 0 Å². The summed E-state index contributed by atoms with van der Waals surface area (Å²) in [7, 11) is 0. The van der Waals surface area contributed by atoms with E-state index in [-0.39, 0.29) is 0 Å². The summed E-state index contributed by atoms with van der Waals surface area (Å²) in [6, 6.07) is 13.2. The van der Waals surface area contributed by atoms with Gasteiger partial charge in [-0.2, -0.15) is 0 Å². The van der Waals surface area contributed by atoms with Crippen LogP contribution in [-0.2, 0) is 13.0 Å². The van der Waals surface area contributed by atoms with Crippen LogP contribution in [0.2, 0.25) is 4.34 Å². The molecule has 0 fully saturated rings. The third-order valence-corrected chi connectivity index (χ3v) is 4.82. The summed E-state index contributed by atoms with van der Waals surface area (Å²) in [5, 5.41) is 3.66. The minimum absolute atomic E-state index is 0.470. The fourth-order valence-electron chi connectivity index (χ4n) is 2.57. The van der Waals surface area contributed by atoms with E-state index in [1.165, 1.54) is 35.3 Å². The Labute approximate surface area is 117 Å². The molecule has 0 radical (unpaired) electrons. The number of halogens is 1. The van der Waals surface area contributed by atoms with E-state index in [0.29, 0.717) is 6.04 Å². The average Bonchev–Trinajstić information content (AvgIpc) is 2.78. The average molecular weight is 278 g/mol. The Balaban J connectivity index is 1.71. The maximum Gasteiger partial charge on any atom is 0.0934 e. The van der Waals surface area contributed by atoms with E-state index in [1.807, 2.05) is 0 Å². The first-order valence-electron chi connectivity index (χ1n) is 6.38. The van der Waals surface area contributed by atoms with E-state index in [4.69, 9.17) is 11.6 Å². The number of hydrogen-bond acceptors (Lipinski definition) is 2. The van der Waals surface area contributed by atoms with E-state index >= 15 is 0 Å². The predicted molar refractivity (Wildman–Crippen MR) is 78.3 cm³/mol. The van der Waals surface area contributed by atoms with Gasteiger partial charge in [0.15, 0.2) is 0 Å². The van der Waals surface area contributed by atoms with E-state index < -0.39 is 0 Å². The second kappa shape index (κ2) is 5.43. The molecule has 1 aromatic heterocycles. The molecular formula is C15H16ClNS. The quantitative estimate of drug-likeness (QED) is 0.867. The van der Waals surface area contributed by atoms with Gasteiger partial charge >= 0.3 is 0 Å². The van der Waals surface area contributed by atoms with Crippen LogP contribution in [0.25, 0.3) is 0 Å². The summed E-state index contributed by atoms with van der Waals surface area (Å²) in [5.74, 6) is 0. The van der Waals surface area contributed by atoms with Crippen LogP contribution in [0.15, 0.2) is 36.4 Å². The SMILES string of the molecule is Clc1cc2c(s1)CCCC2NCc1ccccc1. The minimum Gasteiger partial charge on any atom is -0.306 e. The molecule has 1 heterocycles. The maximum atomic E-state index is 6.12. The zero-order valence-corrected chi connectivity index (χ0v) is 11.7. The Morgan fingerprint density at radius 1 is 1.28 bits per heavy atom. The first-order chi connectivity index (χ1) is 8.83. The van der Waals surface area contributed by atoms with E-state index in [9.17, 15) is 0 Å². The van der Waals surface area contributed by atoms with E-state index in [0.717, 1.165) is 10.9 Å². The van der Waals surface area contributed by atoms with Crippen molar-refractivity contribution in [2.45, 2.75) is 31.8 Å². The molecule has 1 N–H and O–H groups in total. The molecular weight excluding hydrogens is 262 g/mol. The van der Waals surface area contributed by atoms with Crippen LogP contribution in [-0.4, -0.2) is 0 Å². The van der Waals surface area contributed by atoms with Gasteiger partial charge in [-0.05, 0) is 36.5 Å². The topological polar surface area (TPSA) is 12.0 Å². The molecule has 1 unspecified atom stereocenters. The van der Waals surface area contributed by atoms with Crippen LogP contribution in [0.4, 0.5) is 0 Å². The second-order valence-corrected chi connectivity index (χ2v) is 6.51. The highest BCUT2D eigenvalue weighted by molar-refractivity contribution is 7.16. The molecule has 0 saturated carbocycles. The summed E-state index contributed by atoms with van der Waals surface area (Å²) >= 11 is 7.87. The highest BCUT2D eigenvalue weighted by Gasteiger charge is 2.22. The van der Waals surface area contributed by atoms with Crippen molar-refractivity contribution in [1.29, 1.82) is 0 Å². The zero-order chi connectivity index (χ0) is 12.4. The number of rotatable bonds is 3. The summed E-state index contributed by atoms with van der Waals surface area (Å²) in [5.41, 5.74) is 2.76. The molecule has 18 heavy (non-hydrogen) atoms. The monoisotopic (exact) mass is 277 g/mol. The summed E-state index contributed by atoms with van der Waals surface area (Å²) in [6.45, 7) is 0.929. The Morgan fingerprint density at radius 2 is 2.11 bits per heavy atom. The molecule has 1 nitrogen and oxygen atoms in total. The van der Waals surface area contributed by atoms with Crippen molar-refractivity contribution in [1.82, 2.24) is 5.32 Å². The third-order valence-electron chi connectivity index (χ3n) is 3.48. The van der Waals surface area contributed by atoms with Crippen molar-refractivity contribution in [3.8, 4) is 0 Å². The molecule has 0 amide bonds. The molecule has 3 rings (SSSR count). The number of fused-ring (bicyclic) bond motifs is 1. The highest BCUT2D eigenvalue weighted by atomic mass is 35.5. The van der Waals surface area contributed by atoms with Gasteiger partial charge in [-0.15, -0.1) is 11.3 Å². The lowest BCUT2D eigenvalue weighted by atomic mass is 9.94. The fraction of sp³-hybridized carbons (Fsp3) is 0.333. The van der Waals surface area contributed by atoms with E-state index in [1.54, 1.807) is 11.3 Å². The summed E-state index contributed by atoms with van der Waals surface area (Å²) in [6.07, 6.45) is 3.67. The van der Waals surface area contributed by atoms with Crippen molar-refractivity contribution in [3.05, 3.63) is 56.7 Å². The van der Waals surface area contributed by atoms with Crippen LogP contribution in [0.1, 0.15) is 34.9 Å². The Bertz CT molecular complexity index is 521. The molecule has 0 saturated heterocycles. The number of benzene rings is 1. The van der Waals surface area contributed by atoms with Gasteiger partial charge in [0.1, 0.15) is 0 Å². The first-order valence-corrected chi connectivity index (χ1v) is 7.58. The highest BCUT2D eigenvalue weighted by Crippen LogP contribution is 2.37. The van der Waals surface area contributed by atoms with Crippen LogP contribution < -0.4 is 5.32 Å². The molecule has 94 valence electrons. The largest absolute Gasteiger partial charge is 0.306 e. The molecule has 2 aromatic rings. The van der Waals surface area contributed by atoms with Crippen molar-refractivity contribution in [2.75, 3.05) is 0 Å². The van der Waals surface area contributed by atoms with Crippen molar-refractivity contribution in [2.24, 2.45) is 0 Å². The lowest BCUT2D eigenvalue weighted by Crippen LogP contribution is -2.23. The molecule has 1 aromatic carbocycles. The lowest BCUT2D eigenvalue weighted by Gasteiger charge is -2.23. The first kappa shape index (κ1) is 12.2. The number of nitrogens with one attached hydrogen (secondary N) is 1. The molecule has 1 atom stereocenters. The lowest BCUT2D eigenvalue weighted by molar-refractivity contribution is 0.463. The van der Waals surface area contributed by atoms with Gasteiger partial charge in [0.2, 0.25) is 0 Å². The number of aryl methyl sites for hydroxylation is 1. The number of thiophene rings is 1. The standard InChI is InChI=1S/C15H16ClNS/c16-15-9-12-13(7-4-8-14(12)18-15)17-10-11-5-2-1-3-6-11/h1-3,5-6,9,13,17H,4,7-8,10H2. The fourth-order valence-corrected chi connectivity index (χ4v) is 3.95. The Kier molecular flexibility index (Phi) is 3.69. The summed E-state index contributed by atoms with van der Waals surface area (Å²) in [4.78, 5) is 1.47. The minimum atomic E-state index is 0.470. The molecule has 0 aliphatic heterocycles. The van der Waals surface area contributed by atoms with Crippen molar-refractivity contribution >= 4 is 22.9 Å². The van der Waals surface area contributed by atoms with Gasteiger partial charge < -0.3 is 5.32 Å². The Morgan fingerprint density at radius 3 is 2.94 bits per heavy atom. The maximum absolute atomic E-state index is 6.12.